The number of furan rings is 1. The molecular weight excluding hydrogens is 951 g/mol. The van der Waals surface area contributed by atoms with Crippen molar-refractivity contribution in [2.45, 2.75) is 117 Å². The van der Waals surface area contributed by atoms with Gasteiger partial charge in [0, 0.05) is 0 Å². The van der Waals surface area contributed by atoms with Crippen LogP contribution in [0.1, 0.15) is 120 Å². The van der Waals surface area contributed by atoms with E-state index in [2.05, 4.69) is 12.4 Å². The van der Waals surface area contributed by atoms with Crippen molar-refractivity contribution < 1.29 is 31.5 Å². The Morgan fingerprint density at radius 3 is 1.89 bits per heavy atom. The van der Waals surface area contributed by atoms with Crippen LogP contribution in [0.25, 0.3) is 77.9 Å². The van der Waals surface area contributed by atoms with Gasteiger partial charge in [0.15, 0.2) is 0 Å². The third-order valence-electron chi connectivity index (χ3n) is 16.6. The summed E-state index contributed by atoms with van der Waals surface area (Å²) in [5.74, 6) is 0.969. The van der Waals surface area contributed by atoms with Crippen LogP contribution >= 0.6 is 0 Å². The van der Waals surface area contributed by atoms with Crippen LogP contribution in [0.2, 0.25) is 14.3 Å². The van der Waals surface area contributed by atoms with Crippen LogP contribution in [0.5, 0.6) is 11.5 Å². The molecule has 13 rings (SSSR count). The quantitative estimate of drug-likeness (QED) is 0.0737. The second-order valence-electron chi connectivity index (χ2n) is 20.6. The van der Waals surface area contributed by atoms with Crippen molar-refractivity contribution >= 4 is 50.6 Å². The third kappa shape index (κ3) is 8.42. The molecule has 6 heteroatoms. The van der Waals surface area contributed by atoms with Gasteiger partial charge in [0.25, 0.3) is 0 Å². The zero-order chi connectivity index (χ0) is 59.9. The van der Waals surface area contributed by atoms with Crippen molar-refractivity contribution in [3.05, 3.63) is 188 Å². The molecule has 7 aromatic carbocycles. The zero-order valence-corrected chi connectivity index (χ0v) is 43.1. The van der Waals surface area contributed by atoms with E-state index in [0.29, 0.717) is 70.5 Å². The van der Waals surface area contributed by atoms with Crippen LogP contribution in [0, 0.1) is 13.2 Å². The van der Waals surface area contributed by atoms with Crippen molar-refractivity contribution in [2.75, 3.05) is 0 Å². The van der Waals surface area contributed by atoms with Crippen molar-refractivity contribution in [1.82, 2.24) is 9.55 Å². The number of nitrogens with zero attached hydrogens (tertiary/aromatic N) is 3. The Hall–Kier alpha value is -6.70. The number of ether oxygens (including phenoxy) is 1. The molecule has 3 aromatic heterocycles. The van der Waals surface area contributed by atoms with E-state index < -0.39 is 80.5 Å². The molecule has 0 aliphatic heterocycles. The van der Waals surface area contributed by atoms with E-state index in [4.69, 9.17) is 27.8 Å². The molecule has 0 unspecified atom stereocenters. The summed E-state index contributed by atoms with van der Waals surface area (Å²) < 4.78 is 136. The Balaban J connectivity index is 0.979. The molecule has 3 saturated carbocycles. The number of aromatic nitrogens is 3. The fourth-order valence-corrected chi connectivity index (χ4v) is 31.1. The van der Waals surface area contributed by atoms with Crippen molar-refractivity contribution in [2.24, 2.45) is 0 Å². The second-order valence-corrected chi connectivity index (χ2v) is 30.7. The van der Waals surface area contributed by atoms with Crippen molar-refractivity contribution in [3.8, 4) is 56.4 Å². The average molecular weight is 1030 g/mol. The number of aryl methyl sites for hydroxylation is 1. The Morgan fingerprint density at radius 2 is 1.23 bits per heavy atom. The molecule has 0 bridgehead atoms. The number of hydrogen-bond donors (Lipinski definition) is 0. The molecule has 3 heterocycles. The SMILES string of the molecule is [2H]c1c([2H])c([2H])c(-c2cccc(-c3c([2H])c([2H])c([2H])c([2H])c3[2H])c2-[n+]2[c-]n(-c3cccc(Oc4cc(-c5c[c]([Ge]([CH]6CCCCC6)([CH]6CCCCC6)[CH]6CCCCC6)c(C([2H])([2H])[2H])cn5)c5oc6ccccc6c5c4)c3)c3ccccc32)c([2H])c1[2H]. The van der Waals surface area contributed by atoms with E-state index in [1.165, 1.54) is 96.3 Å². The van der Waals surface area contributed by atoms with E-state index in [-0.39, 0.29) is 27.9 Å². The van der Waals surface area contributed by atoms with Gasteiger partial charge in [-0.3, -0.25) is 4.57 Å². The summed E-state index contributed by atoms with van der Waals surface area (Å²) >= 11 is -3.46. The fraction of sp³-hybridized carbons (Fsp3) is 0.284. The number of para-hydroxylation sites is 4. The summed E-state index contributed by atoms with van der Waals surface area (Å²) in [5, 5.41) is 1.72. The van der Waals surface area contributed by atoms with Gasteiger partial charge in [0.05, 0.1) is 24.9 Å². The predicted octanol–water partition coefficient (Wildman–Crippen LogP) is 17.8. The molecule has 3 aliphatic carbocycles. The minimum Gasteiger partial charge on any atom is -0.0666 e. The molecule has 0 N–H and O–H groups in total. The third-order valence-corrected chi connectivity index (χ3v) is 31.6. The standard InChI is InChI=1S/C67H65GeN3O2/c1-47-45-69-62(44-61(47)68(50-27-11-4-12-28-50,51-29-13-5-14-30-51)52-31-15-6-16-32-52)60-43-55(42-59-58-35-17-20-40-65(58)73-67(59)60)72-54-34-21-33-53(41-54)70-46-71(64-39-19-18-38-63(64)70)66-56(48-23-7-2-8-24-48)36-22-37-57(66)49-25-9-3-10-26-49/h2-3,7-10,17-26,33-45,50-52H,4-6,11-16,27-32H2,1H3/i1D3,2D,3D,7D,8D,9D,10D,23D,24D,25D,26D. The van der Waals surface area contributed by atoms with Gasteiger partial charge in [-0.25, -0.2) is 0 Å². The number of benzene rings is 7. The van der Waals surface area contributed by atoms with Crippen LogP contribution in [0.4, 0.5) is 0 Å². The van der Waals surface area contributed by atoms with Crippen LogP contribution in [-0.4, -0.2) is 22.8 Å². The first kappa shape index (κ1) is 33.9. The molecule has 0 atom stereocenters. The topological polar surface area (TPSA) is 44.1 Å². The average Bonchev–Trinajstić information content (AvgIpc) is 0.998. The number of pyridine rings is 1. The summed E-state index contributed by atoms with van der Waals surface area (Å²) in [5.41, 5.74) is 5.12. The monoisotopic (exact) mass is 1030 g/mol. The first-order valence-electron chi connectivity index (χ1n) is 32.9. The molecule has 10 aromatic rings. The Labute approximate surface area is 451 Å². The van der Waals surface area contributed by atoms with Gasteiger partial charge in [0.1, 0.15) is 0 Å². The first-order chi connectivity index (χ1) is 41.5. The van der Waals surface area contributed by atoms with Gasteiger partial charge in [0.2, 0.25) is 0 Å². The minimum atomic E-state index is -3.46. The van der Waals surface area contributed by atoms with Crippen LogP contribution in [-0.2, 0) is 0 Å². The Morgan fingerprint density at radius 1 is 0.616 bits per heavy atom. The summed E-state index contributed by atoms with van der Waals surface area (Å²) in [7, 11) is 0. The van der Waals surface area contributed by atoms with E-state index in [1.54, 1.807) is 33.5 Å². The summed E-state index contributed by atoms with van der Waals surface area (Å²) in [6.45, 7) is -2.35. The molecule has 3 fully saturated rings. The molecule has 5 nitrogen and oxygen atoms in total. The summed E-state index contributed by atoms with van der Waals surface area (Å²) in [4.78, 5) is 5.15. The molecular formula is C67H65GeN3O2. The van der Waals surface area contributed by atoms with Crippen molar-refractivity contribution in [1.29, 1.82) is 0 Å². The molecule has 73 heavy (non-hydrogen) atoms. The number of hydrogen-bond acceptors (Lipinski definition) is 3. The van der Waals surface area contributed by atoms with E-state index in [9.17, 15) is 4.11 Å². The van der Waals surface area contributed by atoms with Crippen molar-refractivity contribution in [3.63, 3.8) is 0 Å². The molecule has 0 radical (unpaired) electrons. The first-order valence-corrected chi connectivity index (χ1v) is 31.1. The second kappa shape index (κ2) is 20.0. The van der Waals surface area contributed by atoms with E-state index in [1.807, 2.05) is 84.9 Å². The molecule has 3 aliphatic rings. The zero-order valence-electron chi connectivity index (χ0n) is 54.0. The smallest absolute Gasteiger partial charge is 0.0666 e. The molecule has 364 valence electrons. The van der Waals surface area contributed by atoms with Gasteiger partial charge >= 0.3 is 299 Å². The van der Waals surface area contributed by atoms with E-state index >= 15 is 0 Å². The van der Waals surface area contributed by atoms with Gasteiger partial charge in [-0.2, -0.15) is 0 Å². The maximum atomic E-state index is 9.22. The summed E-state index contributed by atoms with van der Waals surface area (Å²) in [6, 6.07) is 28.4. The number of fused-ring (bicyclic) bond motifs is 4. The van der Waals surface area contributed by atoms with Crippen LogP contribution in [0.3, 0.4) is 0 Å². The number of rotatable bonds is 11. The maximum absolute atomic E-state index is 9.22. The predicted molar refractivity (Wildman–Crippen MR) is 302 cm³/mol. The Bertz CT molecular complexity index is 4120. The van der Waals surface area contributed by atoms with Gasteiger partial charge in [-0.1, -0.05) is 103 Å². The summed E-state index contributed by atoms with van der Waals surface area (Å²) in [6.07, 6.45) is 23.1. The van der Waals surface area contributed by atoms with E-state index in [0.717, 1.165) is 15.2 Å². The normalized spacial score (nSPS) is 19.1. The molecule has 0 saturated heterocycles. The number of imidazole rings is 1. The molecule has 0 amide bonds. The van der Waals surface area contributed by atoms with Crippen LogP contribution < -0.4 is 13.7 Å². The fourth-order valence-electron chi connectivity index (χ4n) is 13.6. The van der Waals surface area contributed by atoms with Gasteiger partial charge in [-0.05, 0) is 22.3 Å². The minimum absolute atomic E-state index is 0.144. The van der Waals surface area contributed by atoms with Crippen LogP contribution in [0.15, 0.2) is 180 Å². The molecule has 0 spiro atoms. The Kier molecular flexibility index (Phi) is 9.28. The van der Waals surface area contributed by atoms with Gasteiger partial charge in [-0.15, -0.1) is 0 Å². The van der Waals surface area contributed by atoms with Gasteiger partial charge < -0.3 is 0 Å².